The summed E-state index contributed by atoms with van der Waals surface area (Å²) < 4.78 is 31.7. The van der Waals surface area contributed by atoms with Gasteiger partial charge in [0.15, 0.2) is 11.6 Å². The molecule has 1 saturated heterocycles. The lowest BCUT2D eigenvalue weighted by atomic mass is 10.0. The zero-order valence-electron chi connectivity index (χ0n) is 8.53. The van der Waals surface area contributed by atoms with Crippen molar-refractivity contribution in [2.75, 3.05) is 18.1 Å². The van der Waals surface area contributed by atoms with Crippen LogP contribution < -0.4 is 0 Å². The first-order chi connectivity index (χ1) is 7.70. The molecule has 2 atom stereocenters. The first-order valence-electron chi connectivity index (χ1n) is 5.01. The van der Waals surface area contributed by atoms with Gasteiger partial charge in [-0.3, -0.25) is 0 Å². The van der Waals surface area contributed by atoms with E-state index in [4.69, 9.17) is 4.74 Å². The molecule has 0 amide bonds. The summed E-state index contributed by atoms with van der Waals surface area (Å²) in [5, 5.41) is 9.91. The van der Waals surface area contributed by atoms with E-state index in [1.54, 1.807) is 11.8 Å². The molecule has 0 spiro atoms. The minimum atomic E-state index is -1.11. The predicted molar refractivity (Wildman–Crippen MR) is 58.4 cm³/mol. The van der Waals surface area contributed by atoms with Crippen LogP contribution in [0.25, 0.3) is 0 Å². The van der Waals surface area contributed by atoms with Gasteiger partial charge in [-0.25, -0.2) is 8.78 Å². The van der Waals surface area contributed by atoms with Crippen molar-refractivity contribution in [2.24, 2.45) is 0 Å². The summed E-state index contributed by atoms with van der Waals surface area (Å²) in [7, 11) is 0. The van der Waals surface area contributed by atoms with Crippen LogP contribution in [-0.4, -0.2) is 29.3 Å². The van der Waals surface area contributed by atoms with Crippen LogP contribution in [0.1, 0.15) is 11.7 Å². The molecule has 1 aliphatic heterocycles. The molecule has 1 aliphatic rings. The Morgan fingerprint density at radius 2 is 2.25 bits per heavy atom. The molecule has 88 valence electrons. The number of hydrogen-bond donors (Lipinski definition) is 1. The predicted octanol–water partition coefficient (Wildman–Crippen LogP) is 2.13. The van der Waals surface area contributed by atoms with Crippen LogP contribution in [0.15, 0.2) is 18.2 Å². The quantitative estimate of drug-likeness (QED) is 0.867. The Hall–Kier alpha value is -0.650. The zero-order chi connectivity index (χ0) is 11.5. The number of aliphatic hydroxyl groups excluding tert-OH is 1. The van der Waals surface area contributed by atoms with Gasteiger partial charge in [0.25, 0.3) is 0 Å². The Morgan fingerprint density at radius 1 is 1.44 bits per heavy atom. The second-order valence-electron chi connectivity index (χ2n) is 3.57. The lowest BCUT2D eigenvalue weighted by Gasteiger charge is -2.27. The van der Waals surface area contributed by atoms with Gasteiger partial charge in [0.05, 0.1) is 12.7 Å². The summed E-state index contributed by atoms with van der Waals surface area (Å²) in [4.78, 5) is 0. The fourth-order valence-corrected chi connectivity index (χ4v) is 2.53. The van der Waals surface area contributed by atoms with E-state index < -0.39 is 23.8 Å². The fraction of sp³-hybridized carbons (Fsp3) is 0.455. The maximum Gasteiger partial charge on any atom is 0.164 e. The second kappa shape index (κ2) is 5.12. The smallest absolute Gasteiger partial charge is 0.164 e. The van der Waals surface area contributed by atoms with Crippen LogP contribution >= 0.6 is 11.8 Å². The SMILES string of the molecule is OC(c1cccc(F)c1F)C1CSCCO1. The number of thioether (sulfide) groups is 1. The summed E-state index contributed by atoms with van der Waals surface area (Å²) in [5.74, 6) is -0.472. The van der Waals surface area contributed by atoms with E-state index in [2.05, 4.69) is 0 Å². The number of ether oxygens (including phenoxy) is 1. The van der Waals surface area contributed by atoms with Crippen LogP contribution in [0.5, 0.6) is 0 Å². The Morgan fingerprint density at radius 3 is 2.94 bits per heavy atom. The summed E-state index contributed by atoms with van der Waals surface area (Å²) in [6.07, 6.45) is -1.57. The van der Waals surface area contributed by atoms with Crippen molar-refractivity contribution in [2.45, 2.75) is 12.2 Å². The molecule has 1 heterocycles. The van der Waals surface area contributed by atoms with Crippen LogP contribution in [0.2, 0.25) is 0 Å². The average molecular weight is 246 g/mol. The highest BCUT2D eigenvalue weighted by molar-refractivity contribution is 7.99. The van der Waals surface area contributed by atoms with E-state index in [1.807, 2.05) is 0 Å². The molecule has 2 nitrogen and oxygen atoms in total. The monoisotopic (exact) mass is 246 g/mol. The fourth-order valence-electron chi connectivity index (χ4n) is 1.64. The molecule has 0 bridgehead atoms. The average Bonchev–Trinajstić information content (AvgIpc) is 2.33. The normalized spacial score (nSPS) is 23.1. The lowest BCUT2D eigenvalue weighted by molar-refractivity contribution is -0.0244. The first kappa shape index (κ1) is 11.8. The van der Waals surface area contributed by atoms with Crippen molar-refractivity contribution in [3.05, 3.63) is 35.4 Å². The van der Waals surface area contributed by atoms with Gasteiger partial charge in [-0.05, 0) is 6.07 Å². The van der Waals surface area contributed by atoms with Gasteiger partial charge in [-0.15, -0.1) is 0 Å². The highest BCUT2D eigenvalue weighted by Crippen LogP contribution is 2.27. The third kappa shape index (κ3) is 2.36. The molecule has 1 fully saturated rings. The maximum absolute atomic E-state index is 13.4. The molecule has 1 N–H and O–H groups in total. The van der Waals surface area contributed by atoms with Gasteiger partial charge >= 0.3 is 0 Å². The Balaban J connectivity index is 2.19. The zero-order valence-corrected chi connectivity index (χ0v) is 9.34. The highest BCUT2D eigenvalue weighted by Gasteiger charge is 2.27. The number of aliphatic hydroxyl groups is 1. The Kier molecular flexibility index (Phi) is 3.78. The van der Waals surface area contributed by atoms with Gasteiger partial charge in [0, 0.05) is 17.1 Å². The third-order valence-corrected chi connectivity index (χ3v) is 3.51. The van der Waals surface area contributed by atoms with E-state index in [9.17, 15) is 13.9 Å². The minimum absolute atomic E-state index is 0.0347. The van der Waals surface area contributed by atoms with E-state index in [-0.39, 0.29) is 5.56 Å². The molecule has 0 saturated carbocycles. The van der Waals surface area contributed by atoms with E-state index in [0.717, 1.165) is 11.8 Å². The molecular weight excluding hydrogens is 234 g/mol. The van der Waals surface area contributed by atoms with Gasteiger partial charge < -0.3 is 9.84 Å². The molecule has 0 aromatic heterocycles. The number of benzene rings is 1. The lowest BCUT2D eigenvalue weighted by Crippen LogP contribution is -2.30. The van der Waals surface area contributed by atoms with Crippen molar-refractivity contribution in [1.82, 2.24) is 0 Å². The molecule has 2 rings (SSSR count). The molecule has 1 aromatic carbocycles. The van der Waals surface area contributed by atoms with Crippen LogP contribution in [0.3, 0.4) is 0 Å². The molecule has 16 heavy (non-hydrogen) atoms. The van der Waals surface area contributed by atoms with Crippen molar-refractivity contribution < 1.29 is 18.6 Å². The summed E-state index contributed by atoms with van der Waals surface area (Å²) in [6, 6.07) is 3.79. The molecule has 0 aliphatic carbocycles. The van der Waals surface area contributed by atoms with Crippen molar-refractivity contribution in [3.8, 4) is 0 Å². The molecule has 5 heteroatoms. The summed E-state index contributed by atoms with van der Waals surface area (Å²) in [5.41, 5.74) is -0.0347. The van der Waals surface area contributed by atoms with Gasteiger partial charge in [-0.1, -0.05) is 12.1 Å². The number of rotatable bonds is 2. The molecule has 1 aromatic rings. The molecular formula is C11H12F2O2S. The maximum atomic E-state index is 13.4. The Labute approximate surface area is 96.6 Å². The molecule has 0 radical (unpaired) electrons. The highest BCUT2D eigenvalue weighted by atomic mass is 32.2. The van der Waals surface area contributed by atoms with E-state index in [0.29, 0.717) is 12.4 Å². The number of halogens is 2. The summed E-state index contributed by atoms with van der Waals surface area (Å²) >= 11 is 1.63. The minimum Gasteiger partial charge on any atom is -0.386 e. The van der Waals surface area contributed by atoms with Gasteiger partial charge in [-0.2, -0.15) is 11.8 Å². The van der Waals surface area contributed by atoms with Gasteiger partial charge in [0.1, 0.15) is 6.10 Å². The van der Waals surface area contributed by atoms with E-state index >= 15 is 0 Å². The van der Waals surface area contributed by atoms with Crippen molar-refractivity contribution in [3.63, 3.8) is 0 Å². The largest absolute Gasteiger partial charge is 0.386 e. The van der Waals surface area contributed by atoms with Crippen molar-refractivity contribution in [1.29, 1.82) is 0 Å². The van der Waals surface area contributed by atoms with Crippen LogP contribution in [0, 0.1) is 11.6 Å². The number of hydrogen-bond acceptors (Lipinski definition) is 3. The van der Waals surface area contributed by atoms with Crippen molar-refractivity contribution >= 4 is 11.8 Å². The second-order valence-corrected chi connectivity index (χ2v) is 4.72. The topological polar surface area (TPSA) is 29.5 Å². The first-order valence-corrected chi connectivity index (χ1v) is 6.17. The third-order valence-electron chi connectivity index (χ3n) is 2.49. The molecule has 2 unspecified atom stereocenters. The van der Waals surface area contributed by atoms with Crippen LogP contribution in [-0.2, 0) is 4.74 Å². The summed E-state index contributed by atoms with van der Waals surface area (Å²) in [6.45, 7) is 0.531. The Bertz CT molecular complexity index is 367. The van der Waals surface area contributed by atoms with Crippen LogP contribution in [0.4, 0.5) is 8.78 Å². The van der Waals surface area contributed by atoms with E-state index in [1.165, 1.54) is 12.1 Å². The van der Waals surface area contributed by atoms with Gasteiger partial charge in [0.2, 0.25) is 0 Å². The standard InChI is InChI=1S/C11H12F2O2S/c12-8-3-1-2-7(10(8)13)11(14)9-6-16-5-4-15-9/h1-3,9,11,14H,4-6H2.